The van der Waals surface area contributed by atoms with Gasteiger partial charge in [0.25, 0.3) is 0 Å². The van der Waals surface area contributed by atoms with Crippen LogP contribution in [-0.2, 0) is 16.1 Å². The molecule has 1 fully saturated rings. The molecular formula is C20H21Cl2NO4. The number of carbonyl (C=O) groups is 1. The van der Waals surface area contributed by atoms with E-state index in [0.29, 0.717) is 35.5 Å². The molecule has 2 unspecified atom stereocenters. The smallest absolute Gasteiger partial charge is 0.320 e. The highest BCUT2D eigenvalue weighted by atomic mass is 35.5. The van der Waals surface area contributed by atoms with E-state index >= 15 is 0 Å². The van der Waals surface area contributed by atoms with Crippen molar-refractivity contribution in [3.8, 4) is 5.75 Å². The van der Waals surface area contributed by atoms with Crippen molar-refractivity contribution in [1.29, 1.82) is 0 Å². The first kappa shape index (κ1) is 20.0. The van der Waals surface area contributed by atoms with E-state index in [2.05, 4.69) is 0 Å². The van der Waals surface area contributed by atoms with Crippen molar-refractivity contribution >= 4 is 29.2 Å². The van der Waals surface area contributed by atoms with E-state index in [1.165, 1.54) is 0 Å². The lowest BCUT2D eigenvalue weighted by Crippen LogP contribution is -2.46. The van der Waals surface area contributed by atoms with Crippen LogP contribution in [0.4, 0.5) is 0 Å². The van der Waals surface area contributed by atoms with Crippen molar-refractivity contribution in [3.63, 3.8) is 0 Å². The van der Waals surface area contributed by atoms with Gasteiger partial charge in [0, 0.05) is 28.7 Å². The number of benzene rings is 2. The van der Waals surface area contributed by atoms with Gasteiger partial charge in [0.2, 0.25) is 0 Å². The molecule has 2 aromatic rings. The van der Waals surface area contributed by atoms with Crippen molar-refractivity contribution in [2.24, 2.45) is 0 Å². The quantitative estimate of drug-likeness (QED) is 0.764. The SMILES string of the molecule is CC(C(=O)O)N1CCOC(c2ccc(OCc3c(Cl)cccc3Cl)cc2)C1. The van der Waals surface area contributed by atoms with E-state index < -0.39 is 12.0 Å². The Morgan fingerprint density at radius 1 is 1.26 bits per heavy atom. The summed E-state index contributed by atoms with van der Waals surface area (Å²) in [7, 11) is 0. The lowest BCUT2D eigenvalue weighted by Gasteiger charge is -2.35. The molecular weight excluding hydrogens is 389 g/mol. The Labute approximate surface area is 168 Å². The molecule has 2 aromatic carbocycles. The van der Waals surface area contributed by atoms with Crippen molar-refractivity contribution in [1.82, 2.24) is 4.90 Å². The van der Waals surface area contributed by atoms with Crippen LogP contribution in [0.3, 0.4) is 0 Å². The third-order valence-corrected chi connectivity index (χ3v) is 5.41. The third-order valence-electron chi connectivity index (χ3n) is 4.70. The Morgan fingerprint density at radius 2 is 1.93 bits per heavy atom. The first-order valence-electron chi connectivity index (χ1n) is 8.70. The van der Waals surface area contributed by atoms with Crippen LogP contribution in [0.1, 0.15) is 24.2 Å². The van der Waals surface area contributed by atoms with Gasteiger partial charge in [-0.2, -0.15) is 0 Å². The molecule has 0 aliphatic carbocycles. The van der Waals surface area contributed by atoms with Crippen LogP contribution in [-0.4, -0.2) is 41.7 Å². The second-order valence-corrected chi connectivity index (χ2v) is 7.24. The van der Waals surface area contributed by atoms with Crippen molar-refractivity contribution in [2.45, 2.75) is 25.7 Å². The Kier molecular flexibility index (Phi) is 6.60. The molecule has 27 heavy (non-hydrogen) atoms. The molecule has 7 heteroatoms. The minimum Gasteiger partial charge on any atom is -0.489 e. The van der Waals surface area contributed by atoms with Gasteiger partial charge in [-0.1, -0.05) is 41.4 Å². The third kappa shape index (κ3) is 4.93. The molecule has 144 valence electrons. The number of halogens is 2. The number of carboxylic acids is 1. The summed E-state index contributed by atoms with van der Waals surface area (Å²) in [5.41, 5.74) is 1.74. The largest absolute Gasteiger partial charge is 0.489 e. The summed E-state index contributed by atoms with van der Waals surface area (Å²) in [6.45, 7) is 3.64. The topological polar surface area (TPSA) is 59.0 Å². The standard InChI is InChI=1S/C20H21Cl2NO4/c1-13(20(24)25)23-9-10-26-19(11-23)14-5-7-15(8-6-14)27-12-16-17(21)3-2-4-18(16)22/h2-8,13,19H,9-12H2,1H3,(H,24,25). The summed E-state index contributed by atoms with van der Waals surface area (Å²) in [5, 5.41) is 10.3. The predicted molar refractivity (Wildman–Crippen MR) is 105 cm³/mol. The second kappa shape index (κ2) is 8.93. The molecule has 0 bridgehead atoms. The molecule has 1 heterocycles. The average Bonchev–Trinajstić information content (AvgIpc) is 2.67. The monoisotopic (exact) mass is 409 g/mol. The van der Waals surface area contributed by atoms with Crippen molar-refractivity contribution in [2.75, 3.05) is 19.7 Å². The van der Waals surface area contributed by atoms with Crippen LogP contribution in [0.25, 0.3) is 0 Å². The lowest BCUT2D eigenvalue weighted by atomic mass is 10.1. The number of hydrogen-bond acceptors (Lipinski definition) is 4. The molecule has 2 atom stereocenters. The van der Waals surface area contributed by atoms with Gasteiger partial charge in [-0.3, -0.25) is 9.69 Å². The number of morpholine rings is 1. The van der Waals surface area contributed by atoms with E-state index in [0.717, 1.165) is 11.1 Å². The highest BCUT2D eigenvalue weighted by Crippen LogP contribution is 2.28. The highest BCUT2D eigenvalue weighted by molar-refractivity contribution is 6.35. The summed E-state index contributed by atoms with van der Waals surface area (Å²) in [4.78, 5) is 13.1. The molecule has 5 nitrogen and oxygen atoms in total. The van der Waals surface area contributed by atoms with Crippen LogP contribution in [0.2, 0.25) is 10.0 Å². The first-order chi connectivity index (χ1) is 13.0. The normalized spacial score (nSPS) is 18.9. The lowest BCUT2D eigenvalue weighted by molar-refractivity contribution is -0.145. The summed E-state index contributed by atoms with van der Waals surface area (Å²) in [5.74, 6) is -0.126. The molecule has 0 spiro atoms. The number of aliphatic carboxylic acids is 1. The minimum absolute atomic E-state index is 0.160. The van der Waals surface area contributed by atoms with Gasteiger partial charge in [0.1, 0.15) is 18.4 Å². The number of nitrogens with zero attached hydrogens (tertiary/aromatic N) is 1. The zero-order valence-corrected chi connectivity index (χ0v) is 16.4. The number of rotatable bonds is 6. The minimum atomic E-state index is -0.822. The van der Waals surface area contributed by atoms with E-state index in [-0.39, 0.29) is 12.7 Å². The van der Waals surface area contributed by atoms with E-state index in [1.807, 2.05) is 29.2 Å². The fraction of sp³-hybridized carbons (Fsp3) is 0.350. The Bertz CT molecular complexity index is 777. The molecule has 1 N–H and O–H groups in total. The summed E-state index contributed by atoms with van der Waals surface area (Å²) in [6, 6.07) is 12.4. The summed E-state index contributed by atoms with van der Waals surface area (Å²) in [6.07, 6.45) is -0.160. The molecule has 0 aromatic heterocycles. The maximum absolute atomic E-state index is 11.2. The number of hydrogen-bond donors (Lipinski definition) is 1. The fourth-order valence-electron chi connectivity index (χ4n) is 2.98. The zero-order valence-electron chi connectivity index (χ0n) is 14.9. The van der Waals surface area contributed by atoms with Gasteiger partial charge in [0.05, 0.1) is 12.7 Å². The van der Waals surface area contributed by atoms with Gasteiger partial charge >= 0.3 is 5.97 Å². The van der Waals surface area contributed by atoms with Crippen LogP contribution >= 0.6 is 23.2 Å². The fourth-order valence-corrected chi connectivity index (χ4v) is 3.49. The molecule has 0 radical (unpaired) electrons. The van der Waals surface area contributed by atoms with Gasteiger partial charge in [-0.15, -0.1) is 0 Å². The van der Waals surface area contributed by atoms with Crippen LogP contribution < -0.4 is 4.74 Å². The highest BCUT2D eigenvalue weighted by Gasteiger charge is 2.28. The van der Waals surface area contributed by atoms with Gasteiger partial charge < -0.3 is 14.6 Å². The van der Waals surface area contributed by atoms with Gasteiger partial charge in [0.15, 0.2) is 0 Å². The van der Waals surface area contributed by atoms with Crippen LogP contribution in [0, 0.1) is 0 Å². The average molecular weight is 410 g/mol. The maximum Gasteiger partial charge on any atom is 0.320 e. The van der Waals surface area contributed by atoms with Crippen molar-refractivity contribution in [3.05, 3.63) is 63.6 Å². The Balaban J connectivity index is 1.62. The number of ether oxygens (including phenoxy) is 2. The van der Waals surface area contributed by atoms with Crippen molar-refractivity contribution < 1.29 is 19.4 Å². The molecule has 1 aliphatic heterocycles. The zero-order chi connectivity index (χ0) is 19.4. The second-order valence-electron chi connectivity index (χ2n) is 6.43. The Hall–Kier alpha value is -1.79. The first-order valence-corrected chi connectivity index (χ1v) is 9.45. The predicted octanol–water partition coefficient (Wildman–Crippen LogP) is 4.42. The maximum atomic E-state index is 11.2. The molecule has 3 rings (SSSR count). The molecule has 1 aliphatic rings. The summed E-state index contributed by atoms with van der Waals surface area (Å²) >= 11 is 12.3. The summed E-state index contributed by atoms with van der Waals surface area (Å²) < 4.78 is 11.6. The molecule has 1 saturated heterocycles. The van der Waals surface area contributed by atoms with E-state index in [1.54, 1.807) is 25.1 Å². The van der Waals surface area contributed by atoms with Crippen LogP contribution in [0.15, 0.2) is 42.5 Å². The van der Waals surface area contributed by atoms with E-state index in [4.69, 9.17) is 32.7 Å². The van der Waals surface area contributed by atoms with E-state index in [9.17, 15) is 9.90 Å². The molecule has 0 amide bonds. The van der Waals surface area contributed by atoms with Crippen LogP contribution in [0.5, 0.6) is 5.75 Å². The molecule has 0 saturated carbocycles. The Morgan fingerprint density at radius 3 is 2.56 bits per heavy atom. The van der Waals surface area contributed by atoms with Gasteiger partial charge in [-0.25, -0.2) is 0 Å². The van der Waals surface area contributed by atoms with Gasteiger partial charge in [-0.05, 0) is 36.8 Å². The number of carboxylic acid groups (broad SMARTS) is 1.